The van der Waals surface area contributed by atoms with E-state index in [1.165, 1.54) is 19.2 Å². The fourth-order valence-corrected chi connectivity index (χ4v) is 10.1. The van der Waals surface area contributed by atoms with Gasteiger partial charge in [-0.15, -0.1) is 12.6 Å². The monoisotopic (exact) mass is 946 g/mol. The van der Waals surface area contributed by atoms with Gasteiger partial charge in [-0.2, -0.15) is 21.6 Å². The molecule has 0 fully saturated rings. The Morgan fingerprint density at radius 1 is 0.662 bits per heavy atom. The van der Waals surface area contributed by atoms with Crippen molar-refractivity contribution in [3.05, 3.63) is 80.9 Å². The van der Waals surface area contributed by atoms with E-state index in [4.69, 9.17) is 47.4 Å². The van der Waals surface area contributed by atoms with Crippen molar-refractivity contribution < 1.29 is 82.7 Å². The first-order chi connectivity index (χ1) is 31.0. The Kier molecular flexibility index (Phi) is 11.2. The highest BCUT2D eigenvalue weighted by Crippen LogP contribution is 2.57. The Labute approximate surface area is 375 Å². The van der Waals surface area contributed by atoms with Gasteiger partial charge in [-0.25, -0.2) is 9.59 Å². The number of hydrogen-bond acceptors (Lipinski definition) is 18. The molecule has 4 aromatic carbocycles. The van der Waals surface area contributed by atoms with Crippen LogP contribution >= 0.6 is 12.6 Å². The number of hydrogen-bond donors (Lipinski definition) is 1. The van der Waals surface area contributed by atoms with Crippen molar-refractivity contribution >= 4 is 34.7 Å². The maximum absolute atomic E-state index is 13.1. The van der Waals surface area contributed by atoms with Crippen molar-refractivity contribution in [1.82, 2.24) is 9.80 Å². The molecule has 0 saturated heterocycles. The Morgan fingerprint density at radius 3 is 1.58 bits per heavy atom. The highest BCUT2D eigenvalue weighted by Gasteiger charge is 2.52. The molecular weight excluding hydrogens is 906 g/mol. The molecule has 0 bridgehead atoms. The van der Waals surface area contributed by atoms with Crippen LogP contribution in [-0.4, -0.2) is 105 Å². The van der Waals surface area contributed by atoms with Crippen LogP contribution in [0.2, 0.25) is 0 Å². The minimum absolute atomic E-state index is 0.00448. The molecule has 6 aliphatic heterocycles. The van der Waals surface area contributed by atoms with Gasteiger partial charge in [0.25, 0.3) is 0 Å². The minimum atomic E-state index is -6.10. The summed E-state index contributed by atoms with van der Waals surface area (Å²) in [4.78, 5) is 30.3. The largest absolute Gasteiger partial charge is 0.534 e. The van der Waals surface area contributed by atoms with Gasteiger partial charge in [-0.1, -0.05) is 12.1 Å². The number of carbonyl (C=O) groups excluding carboxylic acids is 2. The summed E-state index contributed by atoms with van der Waals surface area (Å²) in [6.07, 6.45) is -0.0762. The van der Waals surface area contributed by atoms with Gasteiger partial charge in [-0.3, -0.25) is 9.80 Å². The highest BCUT2D eigenvalue weighted by molar-refractivity contribution is 7.88. The normalized spacial score (nSPS) is 21.5. The summed E-state index contributed by atoms with van der Waals surface area (Å²) >= 11 is 4.51. The van der Waals surface area contributed by atoms with E-state index in [-0.39, 0.29) is 30.9 Å². The van der Waals surface area contributed by atoms with Gasteiger partial charge in [0.05, 0.1) is 51.0 Å². The number of thiol groups is 1. The quantitative estimate of drug-likeness (QED) is 0.0905. The Balaban J connectivity index is 0.000000168. The van der Waals surface area contributed by atoms with Crippen LogP contribution < -0.4 is 42.1 Å². The first-order valence-electron chi connectivity index (χ1n) is 20.0. The average Bonchev–Trinajstić information content (AvgIpc) is 4.08. The van der Waals surface area contributed by atoms with Crippen LogP contribution in [0, 0.1) is 0 Å². The number of esters is 2. The third-order valence-corrected chi connectivity index (χ3v) is 13.6. The molecule has 4 atom stereocenters. The molecule has 4 aromatic rings. The van der Waals surface area contributed by atoms with Crippen LogP contribution in [0.25, 0.3) is 0 Å². The molecule has 0 saturated carbocycles. The fraction of sp³-hybridized carbons (Fsp3) is 0.395. The number of nitrogens with zero attached hydrogens (tertiary/aromatic N) is 2. The molecule has 17 nitrogen and oxygen atoms in total. The van der Waals surface area contributed by atoms with Crippen molar-refractivity contribution in [3.8, 4) is 51.7 Å². The van der Waals surface area contributed by atoms with Crippen molar-refractivity contribution in [2.45, 2.75) is 47.5 Å². The summed E-state index contributed by atoms with van der Waals surface area (Å²) in [6, 6.07) is 9.29. The lowest BCUT2D eigenvalue weighted by molar-refractivity contribution is -0.0501. The Morgan fingerprint density at radius 2 is 1.12 bits per heavy atom. The van der Waals surface area contributed by atoms with E-state index in [9.17, 15) is 31.2 Å². The second kappa shape index (κ2) is 16.5. The van der Waals surface area contributed by atoms with E-state index in [0.29, 0.717) is 69.2 Å². The summed E-state index contributed by atoms with van der Waals surface area (Å²) in [7, 11) is 3.45. The number of carbonyl (C=O) groups is 2. The summed E-state index contributed by atoms with van der Waals surface area (Å²) < 4.78 is 123. The minimum Gasteiger partial charge on any atom is -0.496 e. The van der Waals surface area contributed by atoms with Crippen LogP contribution in [0.3, 0.4) is 0 Å². The first kappa shape index (κ1) is 44.2. The lowest BCUT2D eigenvalue weighted by Gasteiger charge is -2.38. The molecule has 0 radical (unpaired) electrons. The van der Waals surface area contributed by atoms with Gasteiger partial charge in [0, 0.05) is 35.3 Å². The number of halogens is 3. The second-order valence-corrected chi connectivity index (χ2v) is 17.5. The van der Waals surface area contributed by atoms with Gasteiger partial charge in [0.15, 0.2) is 34.5 Å². The number of benzene rings is 4. The molecule has 346 valence electrons. The first-order valence-corrected chi connectivity index (χ1v) is 21.8. The van der Waals surface area contributed by atoms with Crippen LogP contribution in [-0.2, 0) is 32.4 Å². The van der Waals surface area contributed by atoms with Crippen LogP contribution in [0.15, 0.2) is 41.3 Å². The van der Waals surface area contributed by atoms with Crippen LogP contribution in [0.1, 0.15) is 78.4 Å². The molecule has 0 aliphatic carbocycles. The van der Waals surface area contributed by atoms with Crippen molar-refractivity contribution in [2.75, 3.05) is 69.2 Å². The molecule has 22 heteroatoms. The predicted octanol–water partition coefficient (Wildman–Crippen LogP) is 6.26. The number of alkyl halides is 3. The molecule has 0 spiro atoms. The molecule has 6 aliphatic rings. The molecule has 0 N–H and O–H groups in total. The zero-order valence-electron chi connectivity index (χ0n) is 35.5. The summed E-state index contributed by atoms with van der Waals surface area (Å²) in [5.74, 6) is 1.02. The second-order valence-electron chi connectivity index (χ2n) is 15.6. The van der Waals surface area contributed by atoms with Gasteiger partial charge in [0.2, 0.25) is 25.1 Å². The maximum Gasteiger partial charge on any atom is 0.534 e. The van der Waals surface area contributed by atoms with Crippen LogP contribution in [0.4, 0.5) is 13.2 Å². The van der Waals surface area contributed by atoms with Crippen LogP contribution in [0.5, 0.6) is 51.7 Å². The maximum atomic E-state index is 13.1. The van der Waals surface area contributed by atoms with E-state index < -0.39 is 57.1 Å². The predicted molar refractivity (Wildman–Crippen MR) is 222 cm³/mol. The third-order valence-electron chi connectivity index (χ3n) is 12.2. The Bertz CT molecular complexity index is 2750. The standard InChI is InChI=1S/C22H20F3NO9S.C21H21NO6S/c1-26-7-6-10-8-13-19(33-9-32-13)20(31-3)14(10)16(26)17-11-4-5-12(30-2)18(15(11)21(27)34-17)35-36(28,29)22(23,24)25;1-22-7-6-10-8-13-18(27-9-26-13)19(25-3)14(10)16(22)17-11-4-5-12(24-2)20(29)15(11)21(23)28-17/h4-5,8,16-17H,6-7,9H2,1-3H3;4-5,8,16-17,29H,6-7,9H2,1-3H3/t2*16-,17+/m11/s1. The van der Waals surface area contributed by atoms with Crippen molar-refractivity contribution in [1.29, 1.82) is 0 Å². The fourth-order valence-electron chi connectivity index (χ4n) is 9.28. The van der Waals surface area contributed by atoms with E-state index >= 15 is 0 Å². The topological polar surface area (TPSA) is 176 Å². The molecule has 0 amide bonds. The molecule has 0 aromatic heterocycles. The molecule has 65 heavy (non-hydrogen) atoms. The number of ether oxygens (including phenoxy) is 10. The zero-order chi connectivity index (χ0) is 46.3. The highest BCUT2D eigenvalue weighted by atomic mass is 32.2. The van der Waals surface area contributed by atoms with Gasteiger partial charge in [-0.05, 0) is 62.3 Å². The Hall–Kier alpha value is -5.97. The lowest BCUT2D eigenvalue weighted by Crippen LogP contribution is -2.36. The number of likely N-dealkylation sites (N-methyl/N-ethyl adjacent to an activating group) is 2. The van der Waals surface area contributed by atoms with E-state index in [1.807, 2.05) is 36.2 Å². The van der Waals surface area contributed by atoms with E-state index in [0.717, 1.165) is 42.3 Å². The number of rotatable bonds is 8. The number of methoxy groups -OCH3 is 4. The molecule has 10 rings (SSSR count). The third kappa shape index (κ3) is 7.11. The molecular formula is C43H41F3N2O15S2. The summed E-state index contributed by atoms with van der Waals surface area (Å²) in [6.45, 7) is 1.53. The number of cyclic esters (lactones) is 2. The van der Waals surface area contributed by atoms with Gasteiger partial charge in [0.1, 0.15) is 23.5 Å². The van der Waals surface area contributed by atoms with Crippen molar-refractivity contribution in [3.63, 3.8) is 0 Å². The summed E-state index contributed by atoms with van der Waals surface area (Å²) in [5, 5.41) is 0. The molecule has 6 heterocycles. The van der Waals surface area contributed by atoms with Gasteiger partial charge >= 0.3 is 27.6 Å². The SMILES string of the molecule is COc1ccc2c(c1OS(=O)(=O)C(F)(F)F)C(=O)O[C@@H]2[C@H]1c2c(cc3c(c2OC)OCO3)CCN1C.COc1ccc2c(c1S)C(=O)O[C@@H]2[C@H]1c2c(cc3c(c2OC)OCO3)CCN1C. The molecule has 0 unspecified atom stereocenters. The van der Waals surface area contributed by atoms with Crippen molar-refractivity contribution in [2.24, 2.45) is 0 Å². The van der Waals surface area contributed by atoms with E-state index in [1.54, 1.807) is 21.3 Å². The van der Waals surface area contributed by atoms with E-state index in [2.05, 4.69) is 21.7 Å². The summed E-state index contributed by atoms with van der Waals surface area (Å²) in [5.41, 5.74) is -1.21. The van der Waals surface area contributed by atoms with Gasteiger partial charge < -0.3 is 51.6 Å². The number of fused-ring (bicyclic) bond motifs is 6. The zero-order valence-corrected chi connectivity index (χ0v) is 37.2. The lowest BCUT2D eigenvalue weighted by atomic mass is 9.85. The smallest absolute Gasteiger partial charge is 0.496 e. The average molecular weight is 947 g/mol.